The van der Waals surface area contributed by atoms with Crippen LogP contribution in [0.3, 0.4) is 0 Å². The summed E-state index contributed by atoms with van der Waals surface area (Å²) in [4.78, 5) is 40.8. The highest BCUT2D eigenvalue weighted by atomic mass is 16.4. The average molecular weight is 435 g/mol. The molecule has 0 spiro atoms. The van der Waals surface area contributed by atoms with Gasteiger partial charge in [0.05, 0.1) is 6.54 Å². The van der Waals surface area contributed by atoms with Gasteiger partial charge in [-0.25, -0.2) is 4.79 Å². The Labute approximate surface area is 184 Å². The van der Waals surface area contributed by atoms with Gasteiger partial charge in [-0.2, -0.15) is 0 Å². The van der Waals surface area contributed by atoms with Crippen molar-refractivity contribution >= 4 is 28.6 Å². The Morgan fingerprint density at radius 3 is 2.53 bits per heavy atom. The van der Waals surface area contributed by atoms with Gasteiger partial charge in [0, 0.05) is 12.7 Å². The Kier molecular flexibility index (Phi) is 7.22. The molecule has 9 nitrogen and oxygen atoms in total. The summed E-state index contributed by atoms with van der Waals surface area (Å²) < 4.78 is 1.42. The standard InChI is InChI=1S/C23H25N5O4/c24-23(25)26-11-3-8-19(22(31)32)27-20(29)18-7-4-12-28(21(18)30)14-15-9-10-16-5-1-2-6-17(16)13-15/h1-2,4-7,9-10,12-13,19H,3,8,11,14H2,(H,27,29)(H,31,32)(H4,24,25,26)/t19-/m0/s1. The Hall–Kier alpha value is -4.14. The van der Waals surface area contributed by atoms with Crippen LogP contribution in [0.25, 0.3) is 10.8 Å². The molecule has 32 heavy (non-hydrogen) atoms. The Morgan fingerprint density at radius 1 is 1.06 bits per heavy atom. The molecule has 0 saturated carbocycles. The summed E-state index contributed by atoms with van der Waals surface area (Å²) >= 11 is 0. The van der Waals surface area contributed by atoms with Gasteiger partial charge in [0.2, 0.25) is 0 Å². The Balaban J connectivity index is 1.74. The fourth-order valence-corrected chi connectivity index (χ4v) is 3.36. The average Bonchev–Trinajstić information content (AvgIpc) is 2.76. The van der Waals surface area contributed by atoms with Crippen LogP contribution in [0.15, 0.2) is 70.6 Å². The van der Waals surface area contributed by atoms with Crippen LogP contribution < -0.4 is 22.3 Å². The van der Waals surface area contributed by atoms with Crippen molar-refractivity contribution in [3.63, 3.8) is 0 Å². The van der Waals surface area contributed by atoms with Crippen molar-refractivity contribution in [2.75, 3.05) is 6.54 Å². The second-order valence-electron chi connectivity index (χ2n) is 7.35. The molecule has 0 aliphatic rings. The molecule has 9 heteroatoms. The number of fused-ring (bicyclic) bond motifs is 1. The third kappa shape index (κ3) is 5.72. The first-order valence-electron chi connectivity index (χ1n) is 10.1. The van der Waals surface area contributed by atoms with Gasteiger partial charge >= 0.3 is 5.97 Å². The van der Waals surface area contributed by atoms with Crippen LogP contribution in [0.5, 0.6) is 0 Å². The minimum atomic E-state index is -1.20. The number of amides is 1. The normalized spacial score (nSPS) is 11.6. The second-order valence-corrected chi connectivity index (χ2v) is 7.35. The monoisotopic (exact) mass is 435 g/mol. The van der Waals surface area contributed by atoms with E-state index in [1.807, 2.05) is 42.5 Å². The lowest BCUT2D eigenvalue weighted by atomic mass is 10.1. The van der Waals surface area contributed by atoms with Crippen molar-refractivity contribution < 1.29 is 14.7 Å². The number of aliphatic carboxylic acids is 1. The summed E-state index contributed by atoms with van der Waals surface area (Å²) in [7, 11) is 0. The van der Waals surface area contributed by atoms with Crippen molar-refractivity contribution in [3.8, 4) is 0 Å². The van der Waals surface area contributed by atoms with Crippen molar-refractivity contribution in [2.45, 2.75) is 25.4 Å². The maximum absolute atomic E-state index is 12.9. The number of guanidine groups is 1. The van der Waals surface area contributed by atoms with Gasteiger partial charge in [-0.05, 0) is 47.4 Å². The number of pyridine rings is 1. The number of carbonyl (C=O) groups is 2. The third-order valence-corrected chi connectivity index (χ3v) is 4.98. The van der Waals surface area contributed by atoms with E-state index in [-0.39, 0.29) is 31.0 Å². The van der Waals surface area contributed by atoms with E-state index in [1.54, 1.807) is 12.3 Å². The lowest BCUT2D eigenvalue weighted by Crippen LogP contribution is -2.43. The van der Waals surface area contributed by atoms with Crippen LogP contribution in [0, 0.1) is 0 Å². The summed E-state index contributed by atoms with van der Waals surface area (Å²) in [5, 5.41) is 14.0. The lowest BCUT2D eigenvalue weighted by Gasteiger charge is -2.14. The summed E-state index contributed by atoms with van der Waals surface area (Å²) in [6.07, 6.45) is 2.07. The number of carboxylic acid groups (broad SMARTS) is 1. The Morgan fingerprint density at radius 2 is 1.81 bits per heavy atom. The van der Waals surface area contributed by atoms with E-state index in [4.69, 9.17) is 11.5 Å². The van der Waals surface area contributed by atoms with E-state index in [0.717, 1.165) is 16.3 Å². The number of carbonyl (C=O) groups excluding carboxylic acids is 1. The van der Waals surface area contributed by atoms with E-state index < -0.39 is 23.5 Å². The van der Waals surface area contributed by atoms with Gasteiger partial charge < -0.3 is 26.5 Å². The van der Waals surface area contributed by atoms with E-state index in [1.165, 1.54) is 10.6 Å². The first-order chi connectivity index (χ1) is 15.3. The number of hydrogen-bond donors (Lipinski definition) is 4. The minimum absolute atomic E-state index is 0.0860. The molecule has 0 aliphatic carbocycles. The molecular formula is C23H25N5O4. The molecule has 3 rings (SSSR count). The number of aliphatic imine (C=N–C) groups is 1. The minimum Gasteiger partial charge on any atom is -0.480 e. The molecule has 0 unspecified atom stereocenters. The van der Waals surface area contributed by atoms with Gasteiger partial charge in [0.1, 0.15) is 11.6 Å². The van der Waals surface area contributed by atoms with Crippen molar-refractivity contribution in [1.82, 2.24) is 9.88 Å². The molecule has 0 saturated heterocycles. The topological polar surface area (TPSA) is 153 Å². The number of nitrogens with zero attached hydrogens (tertiary/aromatic N) is 2. The summed E-state index contributed by atoms with van der Waals surface area (Å²) in [6, 6.07) is 15.6. The van der Waals surface area contributed by atoms with Crippen molar-refractivity contribution in [3.05, 3.63) is 82.3 Å². The number of rotatable bonds is 9. The van der Waals surface area contributed by atoms with Crippen LogP contribution in [0.4, 0.5) is 0 Å². The molecule has 1 atom stereocenters. The van der Waals surface area contributed by atoms with E-state index >= 15 is 0 Å². The molecule has 0 fully saturated rings. The number of nitrogens with two attached hydrogens (primary N) is 2. The molecule has 1 amide bonds. The SMILES string of the molecule is NC(N)=NCCC[C@H](NC(=O)c1cccn(Cc2ccc3ccccc3c2)c1=O)C(=O)O. The second kappa shape index (κ2) is 10.3. The number of benzene rings is 2. The molecule has 0 aliphatic heterocycles. The van der Waals surface area contributed by atoms with Crippen molar-refractivity contribution in [1.29, 1.82) is 0 Å². The zero-order chi connectivity index (χ0) is 23.1. The quantitative estimate of drug-likeness (QED) is 0.226. The van der Waals surface area contributed by atoms with Crippen LogP contribution in [0.1, 0.15) is 28.8 Å². The highest BCUT2D eigenvalue weighted by Gasteiger charge is 2.22. The zero-order valence-electron chi connectivity index (χ0n) is 17.4. The number of aromatic nitrogens is 1. The first kappa shape index (κ1) is 22.5. The maximum Gasteiger partial charge on any atom is 0.326 e. The Bertz CT molecular complexity index is 1210. The predicted molar refractivity (Wildman–Crippen MR) is 123 cm³/mol. The van der Waals surface area contributed by atoms with E-state index in [2.05, 4.69) is 10.3 Å². The fraction of sp³-hybridized carbons (Fsp3) is 0.217. The van der Waals surface area contributed by atoms with Gasteiger partial charge in [0.25, 0.3) is 11.5 Å². The maximum atomic E-state index is 12.9. The number of nitrogens with one attached hydrogen (secondary N) is 1. The number of carboxylic acids is 1. The molecular weight excluding hydrogens is 410 g/mol. The van der Waals surface area contributed by atoms with E-state index in [9.17, 15) is 19.5 Å². The molecule has 0 bridgehead atoms. The molecule has 166 valence electrons. The summed E-state index contributed by atoms with van der Waals surface area (Å²) in [5.74, 6) is -2.02. The van der Waals surface area contributed by atoms with Crippen LogP contribution in [-0.2, 0) is 11.3 Å². The van der Waals surface area contributed by atoms with Crippen LogP contribution in [-0.4, -0.2) is 40.1 Å². The molecule has 0 radical (unpaired) electrons. The van der Waals surface area contributed by atoms with Crippen LogP contribution in [0.2, 0.25) is 0 Å². The van der Waals surface area contributed by atoms with Gasteiger partial charge in [-0.1, -0.05) is 36.4 Å². The highest BCUT2D eigenvalue weighted by molar-refractivity contribution is 5.96. The molecule has 2 aromatic carbocycles. The zero-order valence-corrected chi connectivity index (χ0v) is 17.4. The predicted octanol–water partition coefficient (Wildman–Crippen LogP) is 1.29. The highest BCUT2D eigenvalue weighted by Crippen LogP contribution is 2.16. The summed E-state index contributed by atoms with van der Waals surface area (Å²) in [6.45, 7) is 0.525. The van der Waals surface area contributed by atoms with Gasteiger partial charge in [-0.3, -0.25) is 14.6 Å². The van der Waals surface area contributed by atoms with Gasteiger partial charge in [-0.15, -0.1) is 0 Å². The van der Waals surface area contributed by atoms with Crippen molar-refractivity contribution in [2.24, 2.45) is 16.5 Å². The van der Waals surface area contributed by atoms with E-state index in [0.29, 0.717) is 6.42 Å². The number of hydrogen-bond acceptors (Lipinski definition) is 4. The molecule has 1 aromatic heterocycles. The smallest absolute Gasteiger partial charge is 0.326 e. The lowest BCUT2D eigenvalue weighted by molar-refractivity contribution is -0.139. The molecule has 3 aromatic rings. The molecule has 6 N–H and O–H groups in total. The van der Waals surface area contributed by atoms with Crippen LogP contribution >= 0.6 is 0 Å². The largest absolute Gasteiger partial charge is 0.480 e. The third-order valence-electron chi connectivity index (χ3n) is 4.98. The fourth-order valence-electron chi connectivity index (χ4n) is 3.36. The first-order valence-corrected chi connectivity index (χ1v) is 10.1. The van der Waals surface area contributed by atoms with Gasteiger partial charge in [0.15, 0.2) is 5.96 Å². The molecule has 1 heterocycles. The summed E-state index contributed by atoms with van der Waals surface area (Å²) in [5.41, 5.74) is 10.8.